The van der Waals surface area contributed by atoms with E-state index in [9.17, 15) is 4.79 Å². The van der Waals surface area contributed by atoms with E-state index >= 15 is 0 Å². The van der Waals surface area contributed by atoms with Gasteiger partial charge in [0.05, 0.1) is 16.4 Å². The van der Waals surface area contributed by atoms with Crippen LogP contribution in [-0.4, -0.2) is 21.9 Å². The SMILES string of the molecule is CSc1cccc(NC(=O)c2ccc(-n3cc(Br)cn3)cc2)c1. The first kappa shape index (κ1) is 15.8. The topological polar surface area (TPSA) is 46.9 Å². The van der Waals surface area contributed by atoms with E-state index in [1.54, 1.807) is 34.8 Å². The number of nitrogens with one attached hydrogen (secondary N) is 1. The molecule has 116 valence electrons. The van der Waals surface area contributed by atoms with Gasteiger partial charge in [-0.25, -0.2) is 4.68 Å². The highest BCUT2D eigenvalue weighted by atomic mass is 79.9. The summed E-state index contributed by atoms with van der Waals surface area (Å²) >= 11 is 5.01. The van der Waals surface area contributed by atoms with Gasteiger partial charge in [0, 0.05) is 22.3 Å². The fraction of sp³-hybridized carbons (Fsp3) is 0.0588. The largest absolute Gasteiger partial charge is 0.322 e. The summed E-state index contributed by atoms with van der Waals surface area (Å²) in [5.74, 6) is -0.128. The van der Waals surface area contributed by atoms with Gasteiger partial charge in [-0.3, -0.25) is 4.79 Å². The molecule has 1 heterocycles. The van der Waals surface area contributed by atoms with Gasteiger partial charge in [0.25, 0.3) is 5.91 Å². The van der Waals surface area contributed by atoms with E-state index in [4.69, 9.17) is 0 Å². The van der Waals surface area contributed by atoms with Crippen molar-refractivity contribution in [2.24, 2.45) is 0 Å². The number of carbonyl (C=O) groups is 1. The second kappa shape index (κ2) is 7.02. The summed E-state index contributed by atoms with van der Waals surface area (Å²) in [5.41, 5.74) is 2.30. The van der Waals surface area contributed by atoms with E-state index in [0.717, 1.165) is 20.7 Å². The predicted octanol–water partition coefficient (Wildman–Crippen LogP) is 4.61. The van der Waals surface area contributed by atoms with E-state index in [1.165, 1.54) is 0 Å². The van der Waals surface area contributed by atoms with E-state index < -0.39 is 0 Å². The molecule has 0 radical (unpaired) electrons. The lowest BCUT2D eigenvalue weighted by molar-refractivity contribution is 0.102. The first-order chi connectivity index (χ1) is 11.2. The molecule has 0 atom stereocenters. The highest BCUT2D eigenvalue weighted by molar-refractivity contribution is 9.10. The Labute approximate surface area is 147 Å². The van der Waals surface area contributed by atoms with Crippen molar-refractivity contribution >= 4 is 39.3 Å². The Morgan fingerprint density at radius 1 is 1.22 bits per heavy atom. The molecule has 6 heteroatoms. The zero-order valence-corrected chi connectivity index (χ0v) is 14.8. The highest BCUT2D eigenvalue weighted by Gasteiger charge is 2.07. The van der Waals surface area contributed by atoms with Gasteiger partial charge < -0.3 is 5.32 Å². The van der Waals surface area contributed by atoms with Crippen LogP contribution in [0.4, 0.5) is 5.69 Å². The Morgan fingerprint density at radius 3 is 2.65 bits per heavy atom. The molecule has 0 bridgehead atoms. The smallest absolute Gasteiger partial charge is 0.255 e. The molecule has 0 aliphatic heterocycles. The van der Waals surface area contributed by atoms with Crippen LogP contribution in [0.3, 0.4) is 0 Å². The highest BCUT2D eigenvalue weighted by Crippen LogP contribution is 2.20. The second-order valence-corrected chi connectivity index (χ2v) is 6.63. The van der Waals surface area contributed by atoms with Crippen molar-refractivity contribution in [3.63, 3.8) is 0 Å². The first-order valence-electron chi connectivity index (χ1n) is 6.92. The lowest BCUT2D eigenvalue weighted by Crippen LogP contribution is -2.12. The van der Waals surface area contributed by atoms with Gasteiger partial charge in [-0.15, -0.1) is 11.8 Å². The normalized spacial score (nSPS) is 10.5. The number of anilines is 1. The molecular weight excluding hydrogens is 374 g/mol. The third-order valence-corrected chi connectivity index (χ3v) is 4.41. The fourth-order valence-corrected chi connectivity index (χ4v) is 2.86. The van der Waals surface area contributed by atoms with Crippen molar-refractivity contribution in [3.8, 4) is 5.69 Å². The summed E-state index contributed by atoms with van der Waals surface area (Å²) in [5, 5.41) is 7.13. The molecule has 1 N–H and O–H groups in total. The summed E-state index contributed by atoms with van der Waals surface area (Å²) in [4.78, 5) is 13.4. The monoisotopic (exact) mass is 387 g/mol. The molecule has 3 rings (SSSR count). The van der Waals surface area contributed by atoms with Gasteiger partial charge in [-0.2, -0.15) is 5.10 Å². The minimum atomic E-state index is -0.128. The number of halogens is 1. The van der Waals surface area contributed by atoms with Crippen molar-refractivity contribution < 1.29 is 4.79 Å². The summed E-state index contributed by atoms with van der Waals surface area (Å²) in [6.45, 7) is 0. The molecule has 0 aliphatic rings. The lowest BCUT2D eigenvalue weighted by atomic mass is 10.2. The van der Waals surface area contributed by atoms with Gasteiger partial charge >= 0.3 is 0 Å². The van der Waals surface area contributed by atoms with Crippen molar-refractivity contribution in [2.45, 2.75) is 4.90 Å². The molecule has 1 amide bonds. The third kappa shape index (κ3) is 3.83. The molecule has 4 nitrogen and oxygen atoms in total. The molecule has 0 fully saturated rings. The molecule has 0 aliphatic carbocycles. The summed E-state index contributed by atoms with van der Waals surface area (Å²) in [6.07, 6.45) is 5.59. The van der Waals surface area contributed by atoms with E-state index in [2.05, 4.69) is 26.3 Å². The van der Waals surface area contributed by atoms with E-state index in [0.29, 0.717) is 5.56 Å². The third-order valence-electron chi connectivity index (χ3n) is 3.27. The zero-order chi connectivity index (χ0) is 16.2. The standard InChI is InChI=1S/C17H14BrN3OS/c1-23-16-4-2-3-14(9-16)20-17(22)12-5-7-15(8-6-12)21-11-13(18)10-19-21/h2-11H,1H3,(H,20,22). The van der Waals surface area contributed by atoms with Crippen LogP contribution in [0.15, 0.2) is 70.3 Å². The van der Waals surface area contributed by atoms with Crippen LogP contribution in [0.25, 0.3) is 5.69 Å². The van der Waals surface area contributed by atoms with Crippen LogP contribution in [0.5, 0.6) is 0 Å². The first-order valence-corrected chi connectivity index (χ1v) is 8.93. The van der Waals surface area contributed by atoms with Crippen molar-refractivity contribution in [1.82, 2.24) is 9.78 Å². The maximum Gasteiger partial charge on any atom is 0.255 e. The quantitative estimate of drug-likeness (QED) is 0.664. The average molecular weight is 388 g/mol. The molecule has 0 spiro atoms. The molecule has 2 aromatic carbocycles. The number of carbonyl (C=O) groups excluding carboxylic acids is 1. The molecule has 0 unspecified atom stereocenters. The van der Waals surface area contributed by atoms with Crippen LogP contribution in [0.2, 0.25) is 0 Å². The minimum absolute atomic E-state index is 0.128. The molecule has 1 aromatic heterocycles. The number of benzene rings is 2. The number of hydrogen-bond donors (Lipinski definition) is 1. The van der Waals surface area contributed by atoms with E-state index in [1.807, 2.05) is 48.9 Å². The summed E-state index contributed by atoms with van der Waals surface area (Å²) < 4.78 is 2.65. The van der Waals surface area contributed by atoms with Crippen LogP contribution >= 0.6 is 27.7 Å². The predicted molar refractivity (Wildman–Crippen MR) is 97.4 cm³/mol. The maximum atomic E-state index is 12.3. The van der Waals surface area contributed by atoms with Crippen LogP contribution in [0, 0.1) is 0 Å². The number of amides is 1. The van der Waals surface area contributed by atoms with Crippen LogP contribution < -0.4 is 5.32 Å². The average Bonchev–Trinajstić information content (AvgIpc) is 3.01. The second-order valence-electron chi connectivity index (χ2n) is 4.84. The molecule has 0 saturated carbocycles. The Bertz CT molecular complexity index is 830. The Hall–Kier alpha value is -2.05. The fourth-order valence-electron chi connectivity index (χ4n) is 2.11. The van der Waals surface area contributed by atoms with Gasteiger partial charge in [-0.1, -0.05) is 6.07 Å². The van der Waals surface area contributed by atoms with Crippen LogP contribution in [-0.2, 0) is 0 Å². The van der Waals surface area contributed by atoms with Crippen LogP contribution in [0.1, 0.15) is 10.4 Å². The molecular formula is C17H14BrN3OS. The number of thioether (sulfide) groups is 1. The van der Waals surface area contributed by atoms with Crippen molar-refractivity contribution in [1.29, 1.82) is 0 Å². The molecule has 23 heavy (non-hydrogen) atoms. The number of nitrogens with zero attached hydrogens (tertiary/aromatic N) is 2. The Kier molecular flexibility index (Phi) is 4.83. The van der Waals surface area contributed by atoms with Gasteiger partial charge in [0.1, 0.15) is 0 Å². The number of hydrogen-bond acceptors (Lipinski definition) is 3. The maximum absolute atomic E-state index is 12.3. The van der Waals surface area contributed by atoms with Gasteiger partial charge in [-0.05, 0) is 64.7 Å². The molecule has 0 saturated heterocycles. The van der Waals surface area contributed by atoms with Crippen molar-refractivity contribution in [2.75, 3.05) is 11.6 Å². The molecule has 3 aromatic rings. The summed E-state index contributed by atoms with van der Waals surface area (Å²) in [6, 6.07) is 15.1. The van der Waals surface area contributed by atoms with E-state index in [-0.39, 0.29) is 5.91 Å². The number of rotatable bonds is 4. The minimum Gasteiger partial charge on any atom is -0.322 e. The van der Waals surface area contributed by atoms with Gasteiger partial charge in [0.2, 0.25) is 0 Å². The van der Waals surface area contributed by atoms with Gasteiger partial charge in [0.15, 0.2) is 0 Å². The zero-order valence-electron chi connectivity index (χ0n) is 12.4. The number of aromatic nitrogens is 2. The lowest BCUT2D eigenvalue weighted by Gasteiger charge is -2.07. The Morgan fingerprint density at radius 2 is 2.00 bits per heavy atom. The Balaban J connectivity index is 1.75. The van der Waals surface area contributed by atoms with Crippen molar-refractivity contribution in [3.05, 3.63) is 71.0 Å². The summed E-state index contributed by atoms with van der Waals surface area (Å²) in [7, 11) is 0.